The fourth-order valence-electron chi connectivity index (χ4n) is 0.987. The second-order valence-corrected chi connectivity index (χ2v) is 5.64. The Morgan fingerprint density at radius 3 is 2.69 bits per heavy atom. The lowest BCUT2D eigenvalue weighted by Gasteiger charge is -2.11. The first-order valence-electron chi connectivity index (χ1n) is 4.46. The summed E-state index contributed by atoms with van der Waals surface area (Å²) in [5.74, 6) is 0. The SMILES string of the molecule is COC(C)CNS(=O)(=O)c1c(Br)nnn1C. The van der Waals surface area contributed by atoms with Crippen molar-refractivity contribution in [3.8, 4) is 0 Å². The van der Waals surface area contributed by atoms with Gasteiger partial charge < -0.3 is 4.74 Å². The number of halogens is 1. The molecule has 1 aromatic heterocycles. The van der Waals surface area contributed by atoms with E-state index in [9.17, 15) is 8.42 Å². The van der Waals surface area contributed by atoms with Gasteiger partial charge in [0.25, 0.3) is 10.0 Å². The van der Waals surface area contributed by atoms with Gasteiger partial charge in [-0.05, 0) is 22.9 Å². The first kappa shape index (κ1) is 13.6. The average molecular weight is 313 g/mol. The van der Waals surface area contributed by atoms with Gasteiger partial charge in [-0.1, -0.05) is 5.21 Å². The summed E-state index contributed by atoms with van der Waals surface area (Å²) in [5.41, 5.74) is 0. The quantitative estimate of drug-likeness (QED) is 0.820. The molecule has 7 nitrogen and oxygen atoms in total. The van der Waals surface area contributed by atoms with Gasteiger partial charge in [0, 0.05) is 20.7 Å². The number of hydrogen-bond donors (Lipinski definition) is 1. The number of nitrogens with zero attached hydrogens (tertiary/aromatic N) is 3. The number of aromatic nitrogens is 3. The Hall–Kier alpha value is -0.510. The first-order chi connectivity index (χ1) is 7.38. The topological polar surface area (TPSA) is 86.1 Å². The molecule has 0 aromatic carbocycles. The third-order valence-electron chi connectivity index (χ3n) is 1.95. The molecule has 1 unspecified atom stereocenters. The summed E-state index contributed by atoms with van der Waals surface area (Å²) < 4.78 is 32.4. The standard InChI is InChI=1S/C7H13BrN4O3S/c1-5(15-3)4-9-16(13,14)7-6(8)10-11-12(7)2/h5,9H,4H2,1-3H3. The van der Waals surface area contributed by atoms with Crippen molar-refractivity contribution in [2.75, 3.05) is 13.7 Å². The Labute approximate surface area is 102 Å². The molecule has 0 aliphatic rings. The molecule has 16 heavy (non-hydrogen) atoms. The van der Waals surface area contributed by atoms with Crippen LogP contribution in [0.5, 0.6) is 0 Å². The Morgan fingerprint density at radius 1 is 1.62 bits per heavy atom. The van der Waals surface area contributed by atoms with Crippen molar-refractivity contribution in [3.05, 3.63) is 4.60 Å². The molecule has 1 aromatic rings. The lowest BCUT2D eigenvalue weighted by Crippen LogP contribution is -2.32. The van der Waals surface area contributed by atoms with Crippen LogP contribution in [0.3, 0.4) is 0 Å². The number of methoxy groups -OCH3 is 1. The number of nitrogens with one attached hydrogen (secondary N) is 1. The molecule has 0 saturated heterocycles. The van der Waals surface area contributed by atoms with Gasteiger partial charge in [-0.15, -0.1) is 5.10 Å². The summed E-state index contributed by atoms with van der Waals surface area (Å²) in [7, 11) is -0.602. The highest BCUT2D eigenvalue weighted by atomic mass is 79.9. The minimum atomic E-state index is -3.62. The molecule has 0 amide bonds. The van der Waals surface area contributed by atoms with Gasteiger partial charge in [0.2, 0.25) is 5.03 Å². The van der Waals surface area contributed by atoms with Crippen molar-refractivity contribution in [2.24, 2.45) is 7.05 Å². The Bertz CT molecular complexity index is 439. The molecule has 1 N–H and O–H groups in total. The minimum absolute atomic E-state index is 0.00389. The molecule has 0 bridgehead atoms. The van der Waals surface area contributed by atoms with Gasteiger partial charge in [0.05, 0.1) is 6.10 Å². The minimum Gasteiger partial charge on any atom is -0.380 e. The predicted octanol–water partition coefficient (Wildman–Crippen LogP) is -0.109. The summed E-state index contributed by atoms with van der Waals surface area (Å²) >= 11 is 3.03. The highest BCUT2D eigenvalue weighted by molar-refractivity contribution is 9.10. The highest BCUT2D eigenvalue weighted by Crippen LogP contribution is 2.17. The Kier molecular flexibility index (Phi) is 4.42. The van der Waals surface area contributed by atoms with Crippen molar-refractivity contribution in [3.63, 3.8) is 0 Å². The maximum Gasteiger partial charge on any atom is 0.260 e. The summed E-state index contributed by atoms with van der Waals surface area (Å²) in [5, 5.41) is 7.20. The lowest BCUT2D eigenvalue weighted by molar-refractivity contribution is 0.122. The Morgan fingerprint density at radius 2 is 2.25 bits per heavy atom. The number of rotatable bonds is 5. The van der Waals surface area contributed by atoms with Crippen LogP contribution in [0.4, 0.5) is 0 Å². The average Bonchev–Trinajstić information content (AvgIpc) is 2.55. The highest BCUT2D eigenvalue weighted by Gasteiger charge is 2.23. The predicted molar refractivity (Wildman–Crippen MR) is 60.4 cm³/mol. The van der Waals surface area contributed by atoms with Gasteiger partial charge in [-0.2, -0.15) is 0 Å². The monoisotopic (exact) mass is 312 g/mol. The van der Waals surface area contributed by atoms with E-state index in [1.165, 1.54) is 18.8 Å². The largest absolute Gasteiger partial charge is 0.380 e. The number of sulfonamides is 1. The molecular formula is C7H13BrN4O3S. The van der Waals surface area contributed by atoms with Gasteiger partial charge >= 0.3 is 0 Å². The maximum atomic E-state index is 11.9. The van der Waals surface area contributed by atoms with Crippen LogP contribution < -0.4 is 4.72 Å². The molecule has 1 heterocycles. The molecule has 1 rings (SSSR count). The van der Waals surface area contributed by atoms with Crippen molar-refractivity contribution in [1.29, 1.82) is 0 Å². The first-order valence-corrected chi connectivity index (χ1v) is 6.73. The van der Waals surface area contributed by atoms with Crippen molar-refractivity contribution in [2.45, 2.75) is 18.1 Å². The van der Waals surface area contributed by atoms with Gasteiger partial charge in [-0.3, -0.25) is 0 Å². The summed E-state index contributed by atoms with van der Waals surface area (Å²) in [4.78, 5) is 0. The smallest absolute Gasteiger partial charge is 0.260 e. The van der Waals surface area contributed by atoms with Crippen LogP contribution >= 0.6 is 15.9 Å². The van der Waals surface area contributed by atoms with Crippen molar-refractivity contribution in [1.82, 2.24) is 19.7 Å². The van der Waals surface area contributed by atoms with Crippen LogP contribution in [-0.2, 0) is 21.8 Å². The van der Waals surface area contributed by atoms with Gasteiger partial charge in [0.1, 0.15) is 0 Å². The van der Waals surface area contributed by atoms with E-state index in [1.54, 1.807) is 6.92 Å². The number of hydrogen-bond acceptors (Lipinski definition) is 5. The third-order valence-corrected chi connectivity index (χ3v) is 4.26. The summed E-state index contributed by atoms with van der Waals surface area (Å²) in [6.07, 6.45) is -0.199. The van der Waals surface area contributed by atoms with Gasteiger partial charge in [0.15, 0.2) is 4.60 Å². The second-order valence-electron chi connectivity index (χ2n) is 3.21. The molecule has 0 aliphatic heterocycles. The molecule has 0 aliphatic carbocycles. The number of ether oxygens (including phenoxy) is 1. The number of aryl methyl sites for hydroxylation is 1. The lowest BCUT2D eigenvalue weighted by atomic mass is 10.4. The van der Waals surface area contributed by atoms with E-state index < -0.39 is 10.0 Å². The van der Waals surface area contributed by atoms with E-state index in [4.69, 9.17) is 4.74 Å². The molecule has 0 saturated carbocycles. The Balaban J connectivity index is 2.87. The second kappa shape index (κ2) is 5.21. The van der Waals surface area contributed by atoms with E-state index >= 15 is 0 Å². The van der Waals surface area contributed by atoms with Crippen LogP contribution in [0, 0.1) is 0 Å². The van der Waals surface area contributed by atoms with Crippen LogP contribution in [-0.4, -0.2) is 43.2 Å². The molecular weight excluding hydrogens is 300 g/mol. The van der Waals surface area contributed by atoms with E-state index in [0.29, 0.717) is 0 Å². The molecule has 0 spiro atoms. The fraction of sp³-hybridized carbons (Fsp3) is 0.714. The molecule has 0 radical (unpaired) electrons. The van der Waals surface area contributed by atoms with Crippen LogP contribution in [0.2, 0.25) is 0 Å². The van der Waals surface area contributed by atoms with Crippen molar-refractivity contribution < 1.29 is 13.2 Å². The van der Waals surface area contributed by atoms with Gasteiger partial charge in [-0.25, -0.2) is 17.8 Å². The van der Waals surface area contributed by atoms with Crippen LogP contribution in [0.25, 0.3) is 0 Å². The molecule has 1 atom stereocenters. The third kappa shape index (κ3) is 3.00. The van der Waals surface area contributed by atoms with Crippen LogP contribution in [0.15, 0.2) is 9.63 Å². The van der Waals surface area contributed by atoms with E-state index in [1.807, 2.05) is 0 Å². The summed E-state index contributed by atoms with van der Waals surface area (Å²) in [6.45, 7) is 1.95. The molecule has 92 valence electrons. The van der Waals surface area contributed by atoms with Crippen molar-refractivity contribution >= 4 is 26.0 Å². The zero-order valence-electron chi connectivity index (χ0n) is 9.14. The zero-order valence-corrected chi connectivity index (χ0v) is 11.5. The molecule has 0 fully saturated rings. The zero-order chi connectivity index (χ0) is 12.3. The van der Waals surface area contributed by atoms with Crippen LogP contribution in [0.1, 0.15) is 6.92 Å². The summed E-state index contributed by atoms with van der Waals surface area (Å²) in [6, 6.07) is 0. The maximum absolute atomic E-state index is 11.9. The van der Waals surface area contributed by atoms with E-state index in [0.717, 1.165) is 0 Å². The normalized spacial score (nSPS) is 14.0. The van der Waals surface area contributed by atoms with E-state index in [-0.39, 0.29) is 22.3 Å². The van der Waals surface area contributed by atoms with E-state index in [2.05, 4.69) is 31.0 Å². The molecule has 9 heteroatoms. The fourth-order valence-corrected chi connectivity index (χ4v) is 3.19.